The molecule has 0 saturated carbocycles. The predicted molar refractivity (Wildman–Crippen MR) is 54.0 cm³/mol. The molecule has 4 heteroatoms. The molecule has 1 amide bonds. The molecule has 0 atom stereocenters. The molecule has 0 spiro atoms. The fraction of sp³-hybridized carbons (Fsp3) is 0.364. The molecule has 0 N–H and O–H groups in total. The van der Waals surface area contributed by atoms with Gasteiger partial charge in [0.15, 0.2) is 0 Å². The Morgan fingerprint density at radius 3 is 2.00 bits per heavy atom. The normalized spacial score (nSPS) is 11.3. The van der Waals surface area contributed by atoms with Crippen LogP contribution in [0.15, 0.2) is 24.3 Å². The van der Waals surface area contributed by atoms with Gasteiger partial charge in [-0.05, 0) is 12.1 Å². The van der Waals surface area contributed by atoms with Gasteiger partial charge in [-0.15, -0.1) is 0 Å². The number of alkyl halides is 2. The fourth-order valence-electron chi connectivity index (χ4n) is 1.16. The van der Waals surface area contributed by atoms with Crippen LogP contribution in [0.4, 0.5) is 8.78 Å². The number of hydrogen-bond acceptors (Lipinski definition) is 1. The van der Waals surface area contributed by atoms with Gasteiger partial charge in [-0.2, -0.15) is 0 Å². The minimum Gasteiger partial charge on any atom is -0.345 e. The molecule has 2 nitrogen and oxygen atoms in total. The standard InChI is InChI=1S/C11H13F2NO/c1-11(12,13)9-6-4-8(5-7-9)10(15)14(2)3/h4-7H,1-3H3. The van der Waals surface area contributed by atoms with E-state index in [0.717, 1.165) is 6.92 Å². The van der Waals surface area contributed by atoms with Crippen molar-refractivity contribution in [2.45, 2.75) is 12.8 Å². The van der Waals surface area contributed by atoms with Gasteiger partial charge >= 0.3 is 0 Å². The molecule has 0 aliphatic heterocycles. The van der Waals surface area contributed by atoms with E-state index in [1.54, 1.807) is 14.1 Å². The summed E-state index contributed by atoms with van der Waals surface area (Å²) in [7, 11) is 3.23. The van der Waals surface area contributed by atoms with Crippen molar-refractivity contribution in [1.29, 1.82) is 0 Å². The first-order valence-electron chi connectivity index (χ1n) is 4.52. The molecule has 1 aromatic carbocycles. The van der Waals surface area contributed by atoms with Gasteiger partial charge in [0.2, 0.25) is 0 Å². The number of halogens is 2. The highest BCUT2D eigenvalue weighted by Gasteiger charge is 2.24. The second kappa shape index (κ2) is 3.96. The highest BCUT2D eigenvalue weighted by Crippen LogP contribution is 2.26. The van der Waals surface area contributed by atoms with Gasteiger partial charge in [-0.3, -0.25) is 4.79 Å². The summed E-state index contributed by atoms with van der Waals surface area (Å²) >= 11 is 0. The number of hydrogen-bond donors (Lipinski definition) is 0. The van der Waals surface area contributed by atoms with Crippen LogP contribution in [0.25, 0.3) is 0 Å². The molecular weight excluding hydrogens is 200 g/mol. The summed E-state index contributed by atoms with van der Waals surface area (Å²) in [6, 6.07) is 5.37. The predicted octanol–water partition coefficient (Wildman–Crippen LogP) is 2.50. The van der Waals surface area contributed by atoms with E-state index in [1.165, 1.54) is 29.2 Å². The van der Waals surface area contributed by atoms with E-state index in [4.69, 9.17) is 0 Å². The van der Waals surface area contributed by atoms with Crippen molar-refractivity contribution in [3.8, 4) is 0 Å². The summed E-state index contributed by atoms with van der Waals surface area (Å²) in [5.74, 6) is -3.05. The van der Waals surface area contributed by atoms with Crippen molar-refractivity contribution in [3.05, 3.63) is 35.4 Å². The smallest absolute Gasteiger partial charge is 0.270 e. The average molecular weight is 213 g/mol. The van der Waals surface area contributed by atoms with Crippen LogP contribution in [-0.4, -0.2) is 24.9 Å². The first-order chi connectivity index (χ1) is 6.82. The van der Waals surface area contributed by atoms with E-state index in [9.17, 15) is 13.6 Å². The average Bonchev–Trinajstić information content (AvgIpc) is 2.15. The number of rotatable bonds is 2. The number of amides is 1. The third kappa shape index (κ3) is 2.75. The van der Waals surface area contributed by atoms with Gasteiger partial charge in [0.1, 0.15) is 0 Å². The van der Waals surface area contributed by atoms with E-state index < -0.39 is 5.92 Å². The molecule has 0 aliphatic rings. The van der Waals surface area contributed by atoms with Crippen molar-refractivity contribution < 1.29 is 13.6 Å². The summed E-state index contributed by atoms with van der Waals surface area (Å²) in [6.07, 6.45) is 0. The number of carbonyl (C=O) groups excluding carboxylic acids is 1. The number of benzene rings is 1. The monoisotopic (exact) mass is 213 g/mol. The Morgan fingerprint density at radius 2 is 1.67 bits per heavy atom. The molecule has 1 aromatic rings. The lowest BCUT2D eigenvalue weighted by molar-refractivity contribution is 0.0174. The van der Waals surface area contributed by atoms with Gasteiger partial charge in [0.05, 0.1) is 0 Å². The summed E-state index contributed by atoms with van der Waals surface area (Å²) in [5.41, 5.74) is 0.325. The minimum absolute atomic E-state index is 0.0854. The fourth-order valence-corrected chi connectivity index (χ4v) is 1.16. The molecule has 0 bridgehead atoms. The van der Waals surface area contributed by atoms with Crippen molar-refractivity contribution in [2.24, 2.45) is 0 Å². The molecule has 0 aromatic heterocycles. The number of nitrogens with zero attached hydrogens (tertiary/aromatic N) is 1. The van der Waals surface area contributed by atoms with Gasteiger partial charge in [0, 0.05) is 32.1 Å². The van der Waals surface area contributed by atoms with E-state index in [0.29, 0.717) is 5.56 Å². The Hall–Kier alpha value is -1.45. The maximum atomic E-state index is 12.9. The molecule has 15 heavy (non-hydrogen) atoms. The van der Waals surface area contributed by atoms with E-state index in [1.807, 2.05) is 0 Å². The van der Waals surface area contributed by atoms with Gasteiger partial charge in [-0.25, -0.2) is 8.78 Å². The lowest BCUT2D eigenvalue weighted by Gasteiger charge is -2.13. The lowest BCUT2D eigenvalue weighted by atomic mass is 10.1. The van der Waals surface area contributed by atoms with Crippen LogP contribution in [0, 0.1) is 0 Å². The molecule has 0 fully saturated rings. The molecule has 0 heterocycles. The minimum atomic E-state index is -2.86. The Balaban J connectivity index is 2.96. The van der Waals surface area contributed by atoms with Crippen molar-refractivity contribution in [3.63, 3.8) is 0 Å². The molecule has 0 saturated heterocycles. The molecular formula is C11H13F2NO. The SMILES string of the molecule is CN(C)C(=O)c1ccc(C(C)(F)F)cc1. The highest BCUT2D eigenvalue weighted by atomic mass is 19.3. The molecule has 82 valence electrons. The van der Waals surface area contributed by atoms with Crippen LogP contribution < -0.4 is 0 Å². The summed E-state index contributed by atoms with van der Waals surface area (Å²) in [6.45, 7) is 0.829. The van der Waals surface area contributed by atoms with Gasteiger partial charge < -0.3 is 4.90 Å². The van der Waals surface area contributed by atoms with Crippen LogP contribution in [0.1, 0.15) is 22.8 Å². The van der Waals surface area contributed by atoms with Crippen LogP contribution in [-0.2, 0) is 5.92 Å². The number of carbonyl (C=O) groups is 1. The van der Waals surface area contributed by atoms with Crippen LogP contribution >= 0.6 is 0 Å². The Morgan fingerprint density at radius 1 is 1.20 bits per heavy atom. The van der Waals surface area contributed by atoms with Crippen LogP contribution in [0.3, 0.4) is 0 Å². The maximum Gasteiger partial charge on any atom is 0.270 e. The Kier molecular flexibility index (Phi) is 3.07. The summed E-state index contributed by atoms with van der Waals surface area (Å²) in [5, 5.41) is 0. The molecule has 0 aliphatic carbocycles. The zero-order valence-electron chi connectivity index (χ0n) is 8.92. The first kappa shape index (κ1) is 11.6. The zero-order valence-corrected chi connectivity index (χ0v) is 8.92. The Bertz CT molecular complexity index is 352. The van der Waals surface area contributed by atoms with E-state index in [2.05, 4.69) is 0 Å². The molecule has 0 unspecified atom stereocenters. The lowest BCUT2D eigenvalue weighted by Crippen LogP contribution is -2.21. The van der Waals surface area contributed by atoms with Crippen molar-refractivity contribution in [1.82, 2.24) is 4.90 Å². The molecule has 0 radical (unpaired) electrons. The quantitative estimate of drug-likeness (QED) is 0.739. The second-order valence-electron chi connectivity index (χ2n) is 3.67. The third-order valence-electron chi connectivity index (χ3n) is 2.04. The third-order valence-corrected chi connectivity index (χ3v) is 2.04. The van der Waals surface area contributed by atoms with Crippen molar-refractivity contribution in [2.75, 3.05) is 14.1 Å². The van der Waals surface area contributed by atoms with E-state index in [-0.39, 0.29) is 11.5 Å². The summed E-state index contributed by atoms with van der Waals surface area (Å²) < 4.78 is 25.7. The maximum absolute atomic E-state index is 12.9. The topological polar surface area (TPSA) is 20.3 Å². The second-order valence-corrected chi connectivity index (χ2v) is 3.67. The van der Waals surface area contributed by atoms with Gasteiger partial charge in [-0.1, -0.05) is 12.1 Å². The zero-order chi connectivity index (χ0) is 11.6. The Labute approximate surface area is 87.5 Å². The summed E-state index contributed by atoms with van der Waals surface area (Å²) in [4.78, 5) is 12.8. The van der Waals surface area contributed by atoms with Crippen molar-refractivity contribution >= 4 is 5.91 Å². The first-order valence-corrected chi connectivity index (χ1v) is 4.52. The largest absolute Gasteiger partial charge is 0.345 e. The van der Waals surface area contributed by atoms with Gasteiger partial charge in [0.25, 0.3) is 11.8 Å². The van der Waals surface area contributed by atoms with E-state index >= 15 is 0 Å². The van der Waals surface area contributed by atoms with Crippen LogP contribution in [0.2, 0.25) is 0 Å². The van der Waals surface area contributed by atoms with Crippen LogP contribution in [0.5, 0.6) is 0 Å². The molecule has 1 rings (SSSR count). The highest BCUT2D eigenvalue weighted by molar-refractivity contribution is 5.93.